The van der Waals surface area contributed by atoms with Gasteiger partial charge in [0.15, 0.2) is 5.92 Å². The van der Waals surface area contributed by atoms with Crippen LogP contribution in [0.1, 0.15) is 11.5 Å². The Hall–Kier alpha value is -1.44. The Morgan fingerprint density at radius 1 is 1.00 bits per heavy atom. The van der Waals surface area contributed by atoms with Crippen LogP contribution in [0, 0.1) is 0 Å². The zero-order chi connectivity index (χ0) is 14.7. The molecule has 19 heavy (non-hydrogen) atoms. The highest BCUT2D eigenvalue weighted by atomic mass is 19.4. The van der Waals surface area contributed by atoms with Crippen LogP contribution >= 0.6 is 0 Å². The van der Waals surface area contributed by atoms with Crippen molar-refractivity contribution in [2.45, 2.75) is 18.3 Å². The molecule has 1 aromatic carbocycles. The standard InChI is InChI=1S/C11H10F6O2/c12-10(13,14)9(11(15,16)17)7-3-1-2-4-8(7)19-6-5-18/h1-4,9,18H,5-6H2. The first-order valence-electron chi connectivity index (χ1n) is 5.14. The number of rotatable bonds is 4. The van der Waals surface area contributed by atoms with Crippen molar-refractivity contribution in [3.05, 3.63) is 29.8 Å². The molecule has 2 nitrogen and oxygen atoms in total. The van der Waals surface area contributed by atoms with Gasteiger partial charge in [-0.1, -0.05) is 18.2 Å². The second-order valence-electron chi connectivity index (χ2n) is 3.63. The summed E-state index contributed by atoms with van der Waals surface area (Å²) in [5.74, 6) is -4.16. The SMILES string of the molecule is OCCOc1ccccc1C(C(F)(F)F)C(F)(F)F. The molecule has 0 bridgehead atoms. The minimum atomic E-state index is -5.48. The number of hydrogen-bond acceptors (Lipinski definition) is 2. The van der Waals surface area contributed by atoms with E-state index in [2.05, 4.69) is 0 Å². The first-order valence-corrected chi connectivity index (χ1v) is 5.14. The fraction of sp³-hybridized carbons (Fsp3) is 0.455. The lowest BCUT2D eigenvalue weighted by Crippen LogP contribution is -2.34. The Bertz CT molecular complexity index is 398. The average molecular weight is 288 g/mol. The molecule has 0 saturated heterocycles. The molecule has 1 aromatic rings. The van der Waals surface area contributed by atoms with Gasteiger partial charge in [0.1, 0.15) is 12.4 Å². The van der Waals surface area contributed by atoms with E-state index in [1.807, 2.05) is 0 Å². The number of para-hydroxylation sites is 1. The number of halogens is 6. The summed E-state index contributed by atoms with van der Waals surface area (Å²) in [6.45, 7) is -0.906. The van der Waals surface area contributed by atoms with Crippen molar-refractivity contribution in [2.75, 3.05) is 13.2 Å². The molecular formula is C11H10F6O2. The maximum atomic E-state index is 12.6. The summed E-state index contributed by atoms with van der Waals surface area (Å²) >= 11 is 0. The van der Waals surface area contributed by atoms with Gasteiger partial charge in [-0.05, 0) is 6.07 Å². The maximum absolute atomic E-state index is 12.6. The normalized spacial score (nSPS) is 12.8. The molecule has 1 rings (SSSR count). The minimum Gasteiger partial charge on any atom is -0.491 e. The van der Waals surface area contributed by atoms with Crippen LogP contribution in [-0.2, 0) is 0 Å². The molecule has 0 radical (unpaired) electrons. The fourth-order valence-corrected chi connectivity index (χ4v) is 1.54. The molecule has 0 heterocycles. The highest BCUT2D eigenvalue weighted by Gasteiger charge is 2.58. The van der Waals surface area contributed by atoms with E-state index in [4.69, 9.17) is 9.84 Å². The van der Waals surface area contributed by atoms with Crippen molar-refractivity contribution in [1.82, 2.24) is 0 Å². The molecule has 0 aliphatic rings. The van der Waals surface area contributed by atoms with Crippen LogP contribution in [-0.4, -0.2) is 30.7 Å². The minimum absolute atomic E-state index is 0.389. The number of ether oxygens (including phenoxy) is 1. The Morgan fingerprint density at radius 3 is 2.00 bits per heavy atom. The van der Waals surface area contributed by atoms with Gasteiger partial charge in [0.05, 0.1) is 6.61 Å². The molecule has 0 fully saturated rings. The Kier molecular flexibility index (Phi) is 4.67. The topological polar surface area (TPSA) is 29.5 Å². The second-order valence-corrected chi connectivity index (χ2v) is 3.63. The van der Waals surface area contributed by atoms with Gasteiger partial charge in [0.25, 0.3) is 0 Å². The molecule has 108 valence electrons. The average Bonchev–Trinajstić information content (AvgIpc) is 2.24. The maximum Gasteiger partial charge on any atom is 0.404 e. The van der Waals surface area contributed by atoms with Gasteiger partial charge in [0, 0.05) is 5.56 Å². The second kappa shape index (κ2) is 5.68. The van der Waals surface area contributed by atoms with E-state index in [0.29, 0.717) is 6.07 Å². The molecule has 0 aliphatic carbocycles. The zero-order valence-electron chi connectivity index (χ0n) is 9.42. The molecule has 0 atom stereocenters. The Labute approximate surface area is 104 Å². The van der Waals surface area contributed by atoms with E-state index in [0.717, 1.165) is 12.1 Å². The highest BCUT2D eigenvalue weighted by molar-refractivity contribution is 5.38. The third-order valence-electron chi connectivity index (χ3n) is 2.23. The number of aliphatic hydroxyl groups is 1. The molecular weight excluding hydrogens is 278 g/mol. The summed E-state index contributed by atoms with van der Waals surface area (Å²) in [6, 6.07) is 4.01. The van der Waals surface area contributed by atoms with Crippen LogP contribution < -0.4 is 4.74 Å². The molecule has 8 heteroatoms. The van der Waals surface area contributed by atoms with Crippen LogP contribution in [0.3, 0.4) is 0 Å². The van der Waals surface area contributed by atoms with Gasteiger partial charge < -0.3 is 9.84 Å². The van der Waals surface area contributed by atoms with Crippen molar-refractivity contribution in [3.8, 4) is 5.75 Å². The number of alkyl halides is 6. The molecule has 0 aliphatic heterocycles. The molecule has 0 unspecified atom stereocenters. The summed E-state index contributed by atoms with van der Waals surface area (Å²) in [7, 11) is 0. The molecule has 0 aromatic heterocycles. The molecule has 1 N–H and O–H groups in total. The zero-order valence-corrected chi connectivity index (χ0v) is 9.42. The molecule has 0 saturated carbocycles. The van der Waals surface area contributed by atoms with Crippen LogP contribution in [0.5, 0.6) is 5.75 Å². The van der Waals surface area contributed by atoms with Gasteiger partial charge in [-0.25, -0.2) is 0 Å². The summed E-state index contributed by atoms with van der Waals surface area (Å²) in [5, 5.41) is 8.51. The van der Waals surface area contributed by atoms with Crippen LogP contribution in [0.4, 0.5) is 26.3 Å². The molecule has 0 spiro atoms. The van der Waals surface area contributed by atoms with Crippen molar-refractivity contribution >= 4 is 0 Å². The van der Waals surface area contributed by atoms with Crippen molar-refractivity contribution in [3.63, 3.8) is 0 Å². The van der Waals surface area contributed by atoms with Crippen LogP contribution in [0.25, 0.3) is 0 Å². The lowest BCUT2D eigenvalue weighted by Gasteiger charge is -2.25. The largest absolute Gasteiger partial charge is 0.491 e. The smallest absolute Gasteiger partial charge is 0.404 e. The number of hydrogen-bond donors (Lipinski definition) is 1. The van der Waals surface area contributed by atoms with E-state index in [1.165, 1.54) is 6.07 Å². The van der Waals surface area contributed by atoms with E-state index < -0.39 is 36.2 Å². The quantitative estimate of drug-likeness (QED) is 0.862. The van der Waals surface area contributed by atoms with Gasteiger partial charge in [-0.3, -0.25) is 0 Å². The van der Waals surface area contributed by atoms with E-state index in [9.17, 15) is 26.3 Å². The fourth-order valence-electron chi connectivity index (χ4n) is 1.54. The lowest BCUT2D eigenvalue weighted by atomic mass is 9.97. The van der Waals surface area contributed by atoms with Gasteiger partial charge >= 0.3 is 12.4 Å². The van der Waals surface area contributed by atoms with E-state index in [1.54, 1.807) is 0 Å². The third kappa shape index (κ3) is 4.02. The number of benzene rings is 1. The molecule has 0 amide bonds. The monoisotopic (exact) mass is 288 g/mol. The highest BCUT2D eigenvalue weighted by Crippen LogP contribution is 2.48. The van der Waals surface area contributed by atoms with Gasteiger partial charge in [-0.15, -0.1) is 0 Å². The van der Waals surface area contributed by atoms with Gasteiger partial charge in [-0.2, -0.15) is 26.3 Å². The predicted octanol–water partition coefficient (Wildman–Crippen LogP) is 3.27. The van der Waals surface area contributed by atoms with Crippen LogP contribution in [0.15, 0.2) is 24.3 Å². The Balaban J connectivity index is 3.23. The van der Waals surface area contributed by atoms with Crippen molar-refractivity contribution < 1.29 is 36.2 Å². The van der Waals surface area contributed by atoms with Crippen molar-refractivity contribution in [2.24, 2.45) is 0 Å². The lowest BCUT2D eigenvalue weighted by molar-refractivity contribution is -0.253. The Morgan fingerprint density at radius 2 is 1.53 bits per heavy atom. The summed E-state index contributed by atoms with van der Waals surface area (Å²) in [5.41, 5.74) is -1.02. The first-order chi connectivity index (χ1) is 8.68. The first kappa shape index (κ1) is 15.6. The predicted molar refractivity (Wildman–Crippen MR) is 53.9 cm³/mol. The third-order valence-corrected chi connectivity index (χ3v) is 2.23. The summed E-state index contributed by atoms with van der Waals surface area (Å²) in [4.78, 5) is 0. The summed E-state index contributed by atoms with van der Waals surface area (Å²) in [6.07, 6.45) is -11.0. The van der Waals surface area contributed by atoms with Crippen LogP contribution in [0.2, 0.25) is 0 Å². The van der Waals surface area contributed by atoms with Crippen molar-refractivity contribution in [1.29, 1.82) is 0 Å². The van der Waals surface area contributed by atoms with E-state index >= 15 is 0 Å². The number of aliphatic hydroxyl groups excluding tert-OH is 1. The summed E-state index contributed by atoms with van der Waals surface area (Å²) < 4.78 is 80.2. The van der Waals surface area contributed by atoms with Gasteiger partial charge in [0.2, 0.25) is 0 Å². The van der Waals surface area contributed by atoms with E-state index in [-0.39, 0.29) is 6.61 Å².